The van der Waals surface area contributed by atoms with Gasteiger partial charge in [-0.2, -0.15) is 0 Å². The van der Waals surface area contributed by atoms with Gasteiger partial charge in [0, 0.05) is 5.56 Å². The quantitative estimate of drug-likeness (QED) is 0.666. The summed E-state index contributed by atoms with van der Waals surface area (Å²) in [5.74, 6) is 0.188. The first-order chi connectivity index (χ1) is 14.0. The molecule has 0 saturated carbocycles. The zero-order chi connectivity index (χ0) is 21.8. The lowest BCUT2D eigenvalue weighted by molar-refractivity contribution is -0.125. The molecule has 158 valence electrons. The van der Waals surface area contributed by atoms with E-state index in [1.807, 2.05) is 6.07 Å². The second-order valence-corrected chi connectivity index (χ2v) is 10.8. The Labute approximate surface area is 182 Å². The maximum absolute atomic E-state index is 12.2. The van der Waals surface area contributed by atoms with Crippen LogP contribution < -0.4 is 0 Å². The Morgan fingerprint density at radius 1 is 1.03 bits per heavy atom. The SMILES string of the molecule is Cc1cc2c(cc1-c1c(O)cccc1CN1C(=O)CSC1=O)C(C)(C)CCC2(C)C. The normalized spacial score (nSPS) is 19.8. The van der Waals surface area contributed by atoms with E-state index in [4.69, 9.17) is 0 Å². The Balaban J connectivity index is 1.88. The smallest absolute Gasteiger partial charge is 0.289 e. The molecule has 2 amide bonds. The Morgan fingerprint density at radius 3 is 2.27 bits per heavy atom. The van der Waals surface area contributed by atoms with Gasteiger partial charge in [0.25, 0.3) is 5.24 Å². The van der Waals surface area contributed by atoms with E-state index in [2.05, 4.69) is 46.8 Å². The molecule has 2 aliphatic rings. The molecule has 1 heterocycles. The molecule has 2 aromatic carbocycles. The molecule has 0 aromatic heterocycles. The van der Waals surface area contributed by atoms with Gasteiger partial charge in [-0.25, -0.2) is 0 Å². The van der Waals surface area contributed by atoms with E-state index < -0.39 is 0 Å². The Hall–Kier alpha value is -2.27. The monoisotopic (exact) mass is 423 g/mol. The largest absolute Gasteiger partial charge is 0.507 e. The predicted octanol–water partition coefficient (Wildman–Crippen LogP) is 5.91. The van der Waals surface area contributed by atoms with Crippen molar-refractivity contribution in [3.05, 3.63) is 52.6 Å². The number of phenolic OH excluding ortho intramolecular Hbond substituents is 1. The first kappa shape index (κ1) is 21.0. The summed E-state index contributed by atoms with van der Waals surface area (Å²) in [6.07, 6.45) is 2.25. The molecule has 5 heteroatoms. The van der Waals surface area contributed by atoms with Crippen LogP contribution in [0.1, 0.15) is 62.8 Å². The molecule has 4 nitrogen and oxygen atoms in total. The third kappa shape index (κ3) is 3.43. The van der Waals surface area contributed by atoms with E-state index in [1.54, 1.807) is 12.1 Å². The summed E-state index contributed by atoms with van der Waals surface area (Å²) in [6.45, 7) is 11.4. The highest BCUT2D eigenvalue weighted by atomic mass is 32.2. The minimum absolute atomic E-state index is 0.0510. The Bertz CT molecular complexity index is 1040. The van der Waals surface area contributed by atoms with Crippen molar-refractivity contribution in [2.75, 3.05) is 5.75 Å². The summed E-state index contributed by atoms with van der Waals surface area (Å²) < 4.78 is 0. The number of benzene rings is 2. The topological polar surface area (TPSA) is 57.6 Å². The molecule has 1 N–H and O–H groups in total. The van der Waals surface area contributed by atoms with Crippen LogP contribution in [-0.2, 0) is 22.2 Å². The Kier molecular flexibility index (Phi) is 5.00. The van der Waals surface area contributed by atoms with Gasteiger partial charge in [0.05, 0.1) is 12.3 Å². The van der Waals surface area contributed by atoms with Crippen LogP contribution in [0.4, 0.5) is 4.79 Å². The third-order valence-corrected chi connectivity index (χ3v) is 7.62. The van der Waals surface area contributed by atoms with Crippen molar-refractivity contribution in [2.45, 2.75) is 64.8 Å². The van der Waals surface area contributed by atoms with Gasteiger partial charge in [-0.1, -0.05) is 57.7 Å². The summed E-state index contributed by atoms with van der Waals surface area (Å²) in [5, 5.41) is 10.6. The minimum atomic E-state index is -0.223. The number of carbonyl (C=O) groups excluding carboxylic acids is 2. The zero-order valence-electron chi connectivity index (χ0n) is 18.3. The number of phenols is 1. The van der Waals surface area contributed by atoms with Crippen LogP contribution in [-0.4, -0.2) is 26.9 Å². The van der Waals surface area contributed by atoms with Crippen LogP contribution in [0, 0.1) is 6.92 Å². The van der Waals surface area contributed by atoms with Gasteiger partial charge in [-0.15, -0.1) is 0 Å². The molecule has 0 atom stereocenters. The second kappa shape index (κ2) is 7.16. The highest BCUT2D eigenvalue weighted by Gasteiger charge is 2.38. The summed E-state index contributed by atoms with van der Waals surface area (Å²) >= 11 is 1.03. The molecule has 1 aliphatic heterocycles. The number of nitrogens with zero attached hydrogens (tertiary/aromatic N) is 1. The van der Waals surface area contributed by atoms with Gasteiger partial charge in [-0.3, -0.25) is 14.5 Å². The molecule has 1 aliphatic carbocycles. The number of rotatable bonds is 3. The van der Waals surface area contributed by atoms with Gasteiger partial charge in [0.1, 0.15) is 5.75 Å². The number of carbonyl (C=O) groups is 2. The zero-order valence-corrected chi connectivity index (χ0v) is 19.2. The van der Waals surface area contributed by atoms with Crippen LogP contribution in [0.5, 0.6) is 5.75 Å². The lowest BCUT2D eigenvalue weighted by atomic mass is 9.62. The average molecular weight is 424 g/mol. The van der Waals surface area contributed by atoms with Crippen LogP contribution in [0.2, 0.25) is 0 Å². The number of imide groups is 1. The number of hydrogen-bond donors (Lipinski definition) is 1. The van der Waals surface area contributed by atoms with Crippen molar-refractivity contribution < 1.29 is 14.7 Å². The van der Waals surface area contributed by atoms with Crippen LogP contribution in [0.3, 0.4) is 0 Å². The maximum atomic E-state index is 12.2. The molecule has 0 bridgehead atoms. The minimum Gasteiger partial charge on any atom is -0.507 e. The van der Waals surface area contributed by atoms with E-state index >= 15 is 0 Å². The first-order valence-electron chi connectivity index (χ1n) is 10.5. The van der Waals surface area contributed by atoms with Gasteiger partial charge < -0.3 is 5.11 Å². The highest BCUT2D eigenvalue weighted by molar-refractivity contribution is 8.14. The molecule has 0 spiro atoms. The summed E-state index contributed by atoms with van der Waals surface area (Å²) in [7, 11) is 0. The number of aromatic hydroxyl groups is 1. The van der Waals surface area contributed by atoms with Crippen molar-refractivity contribution in [1.29, 1.82) is 0 Å². The van der Waals surface area contributed by atoms with Crippen molar-refractivity contribution in [2.24, 2.45) is 0 Å². The van der Waals surface area contributed by atoms with Crippen LogP contribution in [0.25, 0.3) is 11.1 Å². The summed E-state index contributed by atoms with van der Waals surface area (Å²) in [5.41, 5.74) is 6.42. The lowest BCUT2D eigenvalue weighted by Gasteiger charge is -2.42. The van der Waals surface area contributed by atoms with E-state index in [1.165, 1.54) is 16.0 Å². The predicted molar refractivity (Wildman–Crippen MR) is 122 cm³/mol. The maximum Gasteiger partial charge on any atom is 0.289 e. The standard InChI is InChI=1S/C25H29NO3S/c1-15-11-18-19(25(4,5)10-9-24(18,2)3)12-17(15)22-16(7-6-8-20(22)27)13-26-21(28)14-30-23(26)29/h6-8,11-12,27H,9-10,13-14H2,1-5H3. The van der Waals surface area contributed by atoms with Gasteiger partial charge in [0.15, 0.2) is 0 Å². The van der Waals surface area contributed by atoms with E-state index in [-0.39, 0.29) is 40.0 Å². The van der Waals surface area contributed by atoms with E-state index in [9.17, 15) is 14.7 Å². The fourth-order valence-corrected chi connectivity index (χ4v) is 5.45. The molecular weight excluding hydrogens is 394 g/mol. The van der Waals surface area contributed by atoms with Crippen LogP contribution in [0.15, 0.2) is 30.3 Å². The van der Waals surface area contributed by atoms with Crippen molar-refractivity contribution >= 4 is 22.9 Å². The average Bonchev–Trinajstić information content (AvgIpc) is 2.98. The molecule has 4 rings (SSSR count). The fourth-order valence-electron chi connectivity index (χ4n) is 4.72. The fraction of sp³-hybridized carbons (Fsp3) is 0.440. The molecular formula is C25H29NO3S. The molecule has 1 saturated heterocycles. The summed E-state index contributed by atoms with van der Waals surface area (Å²) in [4.78, 5) is 25.6. The van der Waals surface area contributed by atoms with Gasteiger partial charge in [0.2, 0.25) is 5.91 Å². The number of amides is 2. The third-order valence-electron chi connectivity index (χ3n) is 6.76. The van der Waals surface area contributed by atoms with Crippen molar-refractivity contribution in [3.63, 3.8) is 0 Å². The molecule has 0 unspecified atom stereocenters. The first-order valence-corrected chi connectivity index (χ1v) is 11.4. The molecule has 2 aromatic rings. The molecule has 1 fully saturated rings. The summed E-state index contributed by atoms with van der Waals surface area (Å²) in [6, 6.07) is 9.84. The van der Waals surface area contributed by atoms with Crippen LogP contribution >= 0.6 is 11.8 Å². The highest BCUT2D eigenvalue weighted by Crippen LogP contribution is 2.48. The Morgan fingerprint density at radius 2 is 1.67 bits per heavy atom. The van der Waals surface area contributed by atoms with Gasteiger partial charge in [-0.05, 0) is 70.5 Å². The molecule has 0 radical (unpaired) electrons. The lowest BCUT2D eigenvalue weighted by Crippen LogP contribution is -2.34. The number of fused-ring (bicyclic) bond motifs is 1. The number of thioether (sulfide) groups is 1. The van der Waals surface area contributed by atoms with E-state index in [0.29, 0.717) is 0 Å². The van der Waals surface area contributed by atoms with E-state index in [0.717, 1.165) is 46.9 Å². The molecule has 30 heavy (non-hydrogen) atoms. The van der Waals surface area contributed by atoms with Crippen molar-refractivity contribution in [3.8, 4) is 16.9 Å². The second-order valence-electron chi connectivity index (χ2n) is 9.83. The number of hydrogen-bond acceptors (Lipinski definition) is 4. The van der Waals surface area contributed by atoms with Gasteiger partial charge >= 0.3 is 0 Å². The van der Waals surface area contributed by atoms with Crippen molar-refractivity contribution in [1.82, 2.24) is 4.90 Å². The number of aryl methyl sites for hydroxylation is 1.